The lowest BCUT2D eigenvalue weighted by atomic mass is 9.78. The third-order valence-electron chi connectivity index (χ3n) is 2.66. The summed E-state index contributed by atoms with van der Waals surface area (Å²) in [5.74, 6) is -0.129. The first-order valence-corrected chi connectivity index (χ1v) is 4.16. The minimum absolute atomic E-state index is 0.129. The lowest BCUT2D eigenvalue weighted by Gasteiger charge is -2.30. The number of aliphatic hydroxyl groups is 1. The second kappa shape index (κ2) is 3.86. The van der Waals surface area contributed by atoms with Crippen molar-refractivity contribution in [2.75, 3.05) is 0 Å². The second-order valence-electron chi connectivity index (χ2n) is 3.37. The van der Waals surface area contributed by atoms with Crippen molar-refractivity contribution in [3.05, 3.63) is 0 Å². The molecule has 1 unspecified atom stereocenters. The van der Waals surface area contributed by atoms with Gasteiger partial charge in [0.25, 0.3) is 0 Å². The fourth-order valence-electron chi connectivity index (χ4n) is 1.13. The van der Waals surface area contributed by atoms with Gasteiger partial charge < -0.3 is 5.11 Å². The predicted molar refractivity (Wildman–Crippen MR) is 45.4 cm³/mol. The van der Waals surface area contributed by atoms with Crippen molar-refractivity contribution >= 4 is 5.78 Å². The smallest absolute Gasteiger partial charge is 0.158 e. The van der Waals surface area contributed by atoms with Gasteiger partial charge in [-0.05, 0) is 19.8 Å². The van der Waals surface area contributed by atoms with Crippen molar-refractivity contribution in [2.45, 2.75) is 46.6 Å². The van der Waals surface area contributed by atoms with E-state index in [-0.39, 0.29) is 11.2 Å². The summed E-state index contributed by atoms with van der Waals surface area (Å²) in [4.78, 5) is 10.9. The second-order valence-corrected chi connectivity index (χ2v) is 3.37. The van der Waals surface area contributed by atoms with Crippen LogP contribution in [0.15, 0.2) is 0 Å². The van der Waals surface area contributed by atoms with Crippen LogP contribution in [0.5, 0.6) is 0 Å². The summed E-state index contributed by atoms with van der Waals surface area (Å²) in [7, 11) is 0. The number of aliphatic hydroxyl groups excluding tert-OH is 1. The lowest BCUT2D eigenvalue weighted by Crippen LogP contribution is -2.36. The van der Waals surface area contributed by atoms with Crippen LogP contribution in [0.4, 0.5) is 0 Å². The van der Waals surface area contributed by atoms with Crippen molar-refractivity contribution < 1.29 is 9.90 Å². The van der Waals surface area contributed by atoms with Gasteiger partial charge in [0.1, 0.15) is 6.10 Å². The maximum Gasteiger partial charge on any atom is 0.158 e. The molecule has 2 nitrogen and oxygen atoms in total. The van der Waals surface area contributed by atoms with Gasteiger partial charge in [0.2, 0.25) is 0 Å². The maximum absolute atomic E-state index is 10.9. The Bertz CT molecular complexity index is 136. The van der Waals surface area contributed by atoms with E-state index in [4.69, 9.17) is 0 Å². The van der Waals surface area contributed by atoms with Gasteiger partial charge >= 0.3 is 0 Å². The highest BCUT2D eigenvalue weighted by Gasteiger charge is 2.32. The lowest BCUT2D eigenvalue weighted by molar-refractivity contribution is -0.131. The average molecular weight is 158 g/mol. The molecule has 0 spiro atoms. The maximum atomic E-state index is 10.9. The molecule has 0 aliphatic rings. The molecule has 11 heavy (non-hydrogen) atoms. The summed E-state index contributed by atoms with van der Waals surface area (Å²) < 4.78 is 0. The van der Waals surface area contributed by atoms with Gasteiger partial charge in [-0.3, -0.25) is 4.79 Å². The molecule has 0 bridgehead atoms. The normalized spacial score (nSPS) is 14.6. The van der Waals surface area contributed by atoms with Crippen LogP contribution < -0.4 is 0 Å². The first-order valence-electron chi connectivity index (χ1n) is 4.16. The van der Waals surface area contributed by atoms with Gasteiger partial charge in [0.05, 0.1) is 0 Å². The van der Waals surface area contributed by atoms with Gasteiger partial charge in [-0.15, -0.1) is 0 Å². The summed E-state index contributed by atoms with van der Waals surface area (Å²) >= 11 is 0. The number of rotatable bonds is 4. The van der Waals surface area contributed by atoms with Crippen LogP contribution in [0.3, 0.4) is 0 Å². The Morgan fingerprint density at radius 2 is 1.82 bits per heavy atom. The molecule has 0 heterocycles. The van der Waals surface area contributed by atoms with Gasteiger partial charge in [-0.2, -0.15) is 0 Å². The molecule has 0 amide bonds. The highest BCUT2D eigenvalue weighted by atomic mass is 16.3. The molecule has 0 aliphatic carbocycles. The fourth-order valence-corrected chi connectivity index (χ4v) is 1.13. The van der Waals surface area contributed by atoms with E-state index in [9.17, 15) is 9.90 Å². The minimum Gasteiger partial charge on any atom is -0.385 e. The summed E-state index contributed by atoms with van der Waals surface area (Å²) in [5, 5.41) is 9.50. The number of Topliss-reactive ketones (excluding diaryl/α,β-unsaturated/α-hetero) is 1. The molecule has 1 atom stereocenters. The molecule has 1 N–H and O–H groups in total. The first-order chi connectivity index (χ1) is 4.98. The van der Waals surface area contributed by atoms with Crippen LogP contribution >= 0.6 is 0 Å². The Labute approximate surface area is 68.6 Å². The van der Waals surface area contributed by atoms with E-state index in [1.807, 2.05) is 20.8 Å². The van der Waals surface area contributed by atoms with Crippen molar-refractivity contribution in [3.8, 4) is 0 Å². The van der Waals surface area contributed by atoms with Crippen LogP contribution in [-0.2, 0) is 4.79 Å². The Kier molecular flexibility index (Phi) is 3.73. The molecular formula is C9H18O2. The van der Waals surface area contributed by atoms with Crippen molar-refractivity contribution in [1.29, 1.82) is 0 Å². The largest absolute Gasteiger partial charge is 0.385 e. The quantitative estimate of drug-likeness (QED) is 0.677. The van der Waals surface area contributed by atoms with E-state index in [1.165, 1.54) is 6.92 Å². The zero-order valence-corrected chi connectivity index (χ0v) is 7.85. The zero-order chi connectivity index (χ0) is 9.07. The van der Waals surface area contributed by atoms with Gasteiger partial charge in [0.15, 0.2) is 5.78 Å². The zero-order valence-electron chi connectivity index (χ0n) is 7.85. The van der Waals surface area contributed by atoms with Gasteiger partial charge in [-0.1, -0.05) is 20.8 Å². The van der Waals surface area contributed by atoms with E-state index in [2.05, 4.69) is 0 Å². The molecule has 0 fully saturated rings. The summed E-state index contributed by atoms with van der Waals surface area (Å²) in [5.41, 5.74) is -0.230. The van der Waals surface area contributed by atoms with Gasteiger partial charge in [-0.25, -0.2) is 0 Å². The molecule has 0 aromatic carbocycles. The van der Waals surface area contributed by atoms with E-state index in [0.717, 1.165) is 12.8 Å². The highest BCUT2D eigenvalue weighted by Crippen LogP contribution is 2.29. The molecule has 2 heteroatoms. The van der Waals surface area contributed by atoms with E-state index >= 15 is 0 Å². The number of hydrogen-bond acceptors (Lipinski definition) is 2. The Hall–Kier alpha value is -0.370. The van der Waals surface area contributed by atoms with Crippen LogP contribution in [0, 0.1) is 5.41 Å². The highest BCUT2D eigenvalue weighted by molar-refractivity contribution is 5.80. The molecule has 0 aromatic rings. The molecule has 0 aromatic heterocycles. The van der Waals surface area contributed by atoms with Crippen LogP contribution in [0.25, 0.3) is 0 Å². The molecular weight excluding hydrogens is 140 g/mol. The van der Waals surface area contributed by atoms with Gasteiger partial charge in [0, 0.05) is 5.41 Å². The first kappa shape index (κ1) is 10.6. The molecule has 66 valence electrons. The van der Waals surface area contributed by atoms with E-state index in [1.54, 1.807) is 0 Å². The summed E-state index contributed by atoms with van der Waals surface area (Å²) in [6, 6.07) is 0. The summed E-state index contributed by atoms with van der Waals surface area (Å²) in [6.07, 6.45) is 0.881. The van der Waals surface area contributed by atoms with Crippen LogP contribution in [-0.4, -0.2) is 17.0 Å². The minimum atomic E-state index is -0.794. The molecule has 0 aliphatic heterocycles. The monoisotopic (exact) mass is 158 g/mol. The SMILES string of the molecule is CCC(C)(CC)C(O)C(C)=O. The molecule has 0 saturated heterocycles. The van der Waals surface area contributed by atoms with Crippen molar-refractivity contribution in [1.82, 2.24) is 0 Å². The number of carbonyl (C=O) groups is 1. The summed E-state index contributed by atoms with van der Waals surface area (Å²) in [6.45, 7) is 7.37. The predicted octanol–water partition coefficient (Wildman–Crippen LogP) is 1.76. The standard InChI is InChI=1S/C9H18O2/c1-5-9(4,6-2)8(11)7(3)10/h8,11H,5-6H2,1-4H3. The molecule has 0 rings (SSSR count). The third-order valence-corrected chi connectivity index (χ3v) is 2.66. The Morgan fingerprint density at radius 1 is 1.45 bits per heavy atom. The van der Waals surface area contributed by atoms with Crippen LogP contribution in [0.1, 0.15) is 40.5 Å². The van der Waals surface area contributed by atoms with E-state index in [0.29, 0.717) is 0 Å². The Morgan fingerprint density at radius 3 is 1.91 bits per heavy atom. The molecule has 0 radical (unpaired) electrons. The topological polar surface area (TPSA) is 37.3 Å². The molecule has 0 saturated carbocycles. The van der Waals surface area contributed by atoms with E-state index < -0.39 is 6.10 Å². The third kappa shape index (κ3) is 2.29. The average Bonchev–Trinajstić information content (AvgIpc) is 2.01. The Balaban J connectivity index is 4.36. The number of hydrogen-bond donors (Lipinski definition) is 1. The van der Waals surface area contributed by atoms with Crippen molar-refractivity contribution in [3.63, 3.8) is 0 Å². The number of ketones is 1. The van der Waals surface area contributed by atoms with Crippen LogP contribution in [0.2, 0.25) is 0 Å². The number of carbonyl (C=O) groups excluding carboxylic acids is 1. The fraction of sp³-hybridized carbons (Fsp3) is 0.889. The van der Waals surface area contributed by atoms with Crippen molar-refractivity contribution in [2.24, 2.45) is 5.41 Å².